The molecule has 0 amide bonds. The van der Waals surface area contributed by atoms with E-state index < -0.39 is 0 Å². The molecule has 0 heterocycles. The van der Waals surface area contributed by atoms with Gasteiger partial charge in [-0.15, -0.1) is 0 Å². The van der Waals surface area contributed by atoms with Crippen molar-refractivity contribution in [3.05, 3.63) is 0 Å². The average Bonchev–Trinajstić information content (AvgIpc) is 2.15. The van der Waals surface area contributed by atoms with Crippen LogP contribution in [0.2, 0.25) is 0 Å². The topological polar surface area (TPSA) is 15.3 Å². The fourth-order valence-corrected chi connectivity index (χ4v) is 2.06. The highest BCUT2D eigenvalue weighted by Crippen LogP contribution is 2.04. The highest BCUT2D eigenvalue weighted by molar-refractivity contribution is 4.65. The van der Waals surface area contributed by atoms with Crippen molar-refractivity contribution >= 4 is 0 Å². The maximum absolute atomic E-state index is 3.53. The maximum atomic E-state index is 3.53. The number of nitrogens with one attached hydrogen (secondary N) is 1. The first-order valence-electron chi connectivity index (χ1n) is 6.52. The Hall–Kier alpha value is -0.0800. The number of nitrogens with zero attached hydrogens (tertiary/aromatic N) is 1. The molecule has 92 valence electrons. The first kappa shape index (κ1) is 14.9. The van der Waals surface area contributed by atoms with Crippen molar-refractivity contribution in [3.63, 3.8) is 0 Å². The molecule has 0 saturated carbocycles. The molecule has 1 N–H and O–H groups in total. The summed E-state index contributed by atoms with van der Waals surface area (Å²) >= 11 is 0. The molecule has 0 rings (SSSR count). The Morgan fingerprint density at radius 3 is 2.33 bits per heavy atom. The smallest absolute Gasteiger partial charge is 0.00647 e. The number of hydrogen-bond donors (Lipinski definition) is 1. The highest BCUT2D eigenvalue weighted by Gasteiger charge is 2.05. The van der Waals surface area contributed by atoms with Gasteiger partial charge in [-0.2, -0.15) is 0 Å². The predicted molar refractivity (Wildman–Crippen MR) is 69.3 cm³/mol. The average molecular weight is 214 g/mol. The van der Waals surface area contributed by atoms with Gasteiger partial charge in [0.15, 0.2) is 0 Å². The molecule has 2 nitrogen and oxygen atoms in total. The van der Waals surface area contributed by atoms with Crippen molar-refractivity contribution in [3.8, 4) is 0 Å². The molecular weight excluding hydrogens is 184 g/mol. The van der Waals surface area contributed by atoms with Crippen molar-refractivity contribution in [2.24, 2.45) is 5.92 Å². The highest BCUT2D eigenvalue weighted by atomic mass is 15.1. The lowest BCUT2D eigenvalue weighted by molar-refractivity contribution is 0.282. The Labute approximate surface area is 96.4 Å². The van der Waals surface area contributed by atoms with Gasteiger partial charge in [-0.3, -0.25) is 0 Å². The second kappa shape index (κ2) is 9.17. The first-order chi connectivity index (χ1) is 7.10. The minimum atomic E-state index is 0.724. The van der Waals surface area contributed by atoms with Gasteiger partial charge in [0.1, 0.15) is 0 Å². The van der Waals surface area contributed by atoms with Crippen LogP contribution in [0, 0.1) is 5.92 Å². The zero-order valence-electron chi connectivity index (χ0n) is 11.3. The van der Waals surface area contributed by atoms with Crippen LogP contribution in [0.15, 0.2) is 0 Å². The standard InChI is InChI=1S/C13H30N2/c1-6-13(14-7-2)9-8-10-15(5)11-12(3)4/h12-14H,6-11H2,1-5H3. The summed E-state index contributed by atoms with van der Waals surface area (Å²) in [4.78, 5) is 2.45. The zero-order chi connectivity index (χ0) is 11.7. The summed E-state index contributed by atoms with van der Waals surface area (Å²) in [5, 5.41) is 3.53. The van der Waals surface area contributed by atoms with E-state index in [1.165, 1.54) is 32.4 Å². The molecule has 0 saturated heterocycles. The molecule has 15 heavy (non-hydrogen) atoms. The third-order valence-electron chi connectivity index (χ3n) is 2.75. The molecule has 0 fully saturated rings. The maximum Gasteiger partial charge on any atom is 0.00647 e. The number of hydrogen-bond acceptors (Lipinski definition) is 2. The normalized spacial score (nSPS) is 13.8. The van der Waals surface area contributed by atoms with E-state index in [4.69, 9.17) is 0 Å². The zero-order valence-corrected chi connectivity index (χ0v) is 11.3. The molecule has 0 radical (unpaired) electrons. The van der Waals surface area contributed by atoms with E-state index in [0.29, 0.717) is 0 Å². The molecule has 0 aromatic rings. The van der Waals surface area contributed by atoms with E-state index in [1.807, 2.05) is 0 Å². The fourth-order valence-electron chi connectivity index (χ4n) is 2.06. The number of rotatable bonds is 9. The van der Waals surface area contributed by atoms with E-state index in [2.05, 4.69) is 45.0 Å². The van der Waals surface area contributed by atoms with E-state index >= 15 is 0 Å². The van der Waals surface area contributed by atoms with Gasteiger partial charge in [-0.05, 0) is 45.3 Å². The third-order valence-corrected chi connectivity index (χ3v) is 2.75. The monoisotopic (exact) mass is 214 g/mol. The van der Waals surface area contributed by atoms with Gasteiger partial charge in [0.2, 0.25) is 0 Å². The van der Waals surface area contributed by atoms with Gasteiger partial charge < -0.3 is 10.2 Å². The van der Waals surface area contributed by atoms with Crippen LogP contribution in [0.5, 0.6) is 0 Å². The first-order valence-corrected chi connectivity index (χ1v) is 6.52. The van der Waals surface area contributed by atoms with Crippen LogP contribution in [0.1, 0.15) is 47.0 Å². The molecule has 0 aliphatic heterocycles. The Morgan fingerprint density at radius 1 is 1.20 bits per heavy atom. The van der Waals surface area contributed by atoms with Crippen LogP contribution in [0.3, 0.4) is 0 Å². The molecule has 0 bridgehead atoms. The SMILES string of the molecule is CCNC(CC)CCCN(C)CC(C)C. The predicted octanol–water partition coefficient (Wildman–Crippen LogP) is 2.74. The molecule has 2 heteroatoms. The van der Waals surface area contributed by atoms with Crippen molar-refractivity contribution in [1.82, 2.24) is 10.2 Å². The van der Waals surface area contributed by atoms with Gasteiger partial charge >= 0.3 is 0 Å². The Morgan fingerprint density at radius 2 is 1.87 bits per heavy atom. The summed E-state index contributed by atoms with van der Waals surface area (Å²) in [7, 11) is 2.23. The van der Waals surface area contributed by atoms with Crippen molar-refractivity contribution in [2.75, 3.05) is 26.7 Å². The van der Waals surface area contributed by atoms with Gasteiger partial charge in [0.25, 0.3) is 0 Å². The lowest BCUT2D eigenvalue weighted by atomic mass is 10.1. The Bertz CT molecular complexity index is 134. The quantitative estimate of drug-likeness (QED) is 0.635. The summed E-state index contributed by atoms with van der Waals surface area (Å²) in [5.41, 5.74) is 0. The molecule has 1 atom stereocenters. The minimum absolute atomic E-state index is 0.724. The molecular formula is C13H30N2. The lowest BCUT2D eigenvalue weighted by Crippen LogP contribution is -2.30. The summed E-state index contributed by atoms with van der Waals surface area (Å²) < 4.78 is 0. The van der Waals surface area contributed by atoms with Crippen LogP contribution < -0.4 is 5.32 Å². The van der Waals surface area contributed by atoms with Gasteiger partial charge in [-0.25, -0.2) is 0 Å². The van der Waals surface area contributed by atoms with Crippen LogP contribution in [0.4, 0.5) is 0 Å². The second-order valence-corrected chi connectivity index (χ2v) is 4.96. The van der Waals surface area contributed by atoms with Crippen LogP contribution in [0.25, 0.3) is 0 Å². The van der Waals surface area contributed by atoms with Crippen LogP contribution in [-0.2, 0) is 0 Å². The molecule has 0 aliphatic rings. The third kappa shape index (κ3) is 8.88. The van der Waals surface area contributed by atoms with E-state index in [1.54, 1.807) is 0 Å². The molecule has 1 unspecified atom stereocenters. The Balaban J connectivity index is 3.49. The summed E-state index contributed by atoms with van der Waals surface area (Å²) in [5.74, 6) is 0.783. The Kier molecular flexibility index (Phi) is 9.12. The van der Waals surface area contributed by atoms with Crippen molar-refractivity contribution in [2.45, 2.75) is 53.0 Å². The largest absolute Gasteiger partial charge is 0.314 e. The summed E-state index contributed by atoms with van der Waals surface area (Å²) in [6.07, 6.45) is 3.88. The van der Waals surface area contributed by atoms with Gasteiger partial charge in [0.05, 0.1) is 0 Å². The molecule has 0 aromatic heterocycles. The van der Waals surface area contributed by atoms with Crippen LogP contribution >= 0.6 is 0 Å². The van der Waals surface area contributed by atoms with Gasteiger partial charge in [-0.1, -0.05) is 27.7 Å². The summed E-state index contributed by atoms with van der Waals surface area (Å²) in [6, 6.07) is 0.724. The molecule has 0 aliphatic carbocycles. The fraction of sp³-hybridized carbons (Fsp3) is 1.00. The second-order valence-electron chi connectivity index (χ2n) is 4.96. The van der Waals surface area contributed by atoms with Crippen molar-refractivity contribution in [1.29, 1.82) is 0 Å². The molecule has 0 aromatic carbocycles. The summed E-state index contributed by atoms with van der Waals surface area (Å²) in [6.45, 7) is 12.6. The lowest BCUT2D eigenvalue weighted by Gasteiger charge is -2.21. The van der Waals surface area contributed by atoms with E-state index in [-0.39, 0.29) is 0 Å². The van der Waals surface area contributed by atoms with E-state index in [0.717, 1.165) is 18.5 Å². The van der Waals surface area contributed by atoms with Gasteiger partial charge in [0, 0.05) is 12.6 Å². The minimum Gasteiger partial charge on any atom is -0.314 e. The van der Waals surface area contributed by atoms with E-state index in [9.17, 15) is 0 Å². The van der Waals surface area contributed by atoms with Crippen molar-refractivity contribution < 1.29 is 0 Å². The molecule has 0 spiro atoms. The van der Waals surface area contributed by atoms with Crippen LogP contribution in [-0.4, -0.2) is 37.6 Å².